The van der Waals surface area contributed by atoms with E-state index in [-0.39, 0.29) is 23.2 Å². The lowest BCUT2D eigenvalue weighted by molar-refractivity contribution is -0.0713. The Labute approximate surface area is 181 Å². The summed E-state index contributed by atoms with van der Waals surface area (Å²) in [6.45, 7) is 3.65. The summed E-state index contributed by atoms with van der Waals surface area (Å²) in [5.41, 5.74) is 1.33. The van der Waals surface area contributed by atoms with E-state index in [4.69, 9.17) is 4.74 Å². The number of halogens is 1. The lowest BCUT2D eigenvalue weighted by atomic mass is 9.88. The van der Waals surface area contributed by atoms with Crippen molar-refractivity contribution in [3.8, 4) is 0 Å². The van der Waals surface area contributed by atoms with Gasteiger partial charge in [0.15, 0.2) is 0 Å². The maximum Gasteiger partial charge on any atom is 0.272 e. The van der Waals surface area contributed by atoms with E-state index in [9.17, 15) is 14.0 Å². The van der Waals surface area contributed by atoms with Gasteiger partial charge in [-0.2, -0.15) is 5.10 Å². The van der Waals surface area contributed by atoms with Gasteiger partial charge in [0.1, 0.15) is 11.5 Å². The van der Waals surface area contributed by atoms with Crippen molar-refractivity contribution in [3.63, 3.8) is 0 Å². The molecule has 3 heterocycles. The summed E-state index contributed by atoms with van der Waals surface area (Å²) in [6.07, 6.45) is 3.99. The molecule has 7 nitrogen and oxygen atoms in total. The van der Waals surface area contributed by atoms with Gasteiger partial charge in [-0.15, -0.1) is 0 Å². The number of carbonyl (C=O) groups is 2. The molecular formula is C23H29FN4O3. The highest BCUT2D eigenvalue weighted by molar-refractivity contribution is 5.94. The summed E-state index contributed by atoms with van der Waals surface area (Å²) in [5.74, 6) is -0.942. The maximum atomic E-state index is 13.8. The van der Waals surface area contributed by atoms with Gasteiger partial charge >= 0.3 is 0 Å². The molecule has 2 aromatic rings. The molecule has 1 aromatic carbocycles. The van der Waals surface area contributed by atoms with Crippen LogP contribution in [-0.4, -0.2) is 57.8 Å². The zero-order valence-corrected chi connectivity index (χ0v) is 18.1. The van der Waals surface area contributed by atoms with Crippen LogP contribution in [-0.2, 0) is 18.2 Å². The summed E-state index contributed by atoms with van der Waals surface area (Å²) in [4.78, 5) is 27.0. The van der Waals surface area contributed by atoms with Gasteiger partial charge in [-0.1, -0.05) is 19.1 Å². The Morgan fingerprint density at radius 2 is 2.00 bits per heavy atom. The van der Waals surface area contributed by atoms with Crippen LogP contribution in [0.2, 0.25) is 0 Å². The van der Waals surface area contributed by atoms with E-state index >= 15 is 0 Å². The van der Waals surface area contributed by atoms with Crippen molar-refractivity contribution in [1.29, 1.82) is 0 Å². The van der Waals surface area contributed by atoms with E-state index in [0.29, 0.717) is 25.3 Å². The van der Waals surface area contributed by atoms with Gasteiger partial charge in [-0.25, -0.2) is 4.39 Å². The van der Waals surface area contributed by atoms with Gasteiger partial charge < -0.3 is 15.0 Å². The normalized spacial score (nSPS) is 20.2. The number of aryl methyl sites for hydroxylation is 2. The number of likely N-dealkylation sites (tertiary alicyclic amines) is 1. The molecule has 1 unspecified atom stereocenters. The smallest absolute Gasteiger partial charge is 0.272 e. The van der Waals surface area contributed by atoms with E-state index in [1.807, 2.05) is 17.9 Å². The number of amides is 2. The average molecular weight is 429 g/mol. The average Bonchev–Trinajstić information content (AvgIpc) is 3.35. The van der Waals surface area contributed by atoms with Crippen LogP contribution >= 0.6 is 0 Å². The number of hydrogen-bond donors (Lipinski definition) is 1. The number of rotatable bonds is 5. The number of ether oxygens (including phenoxy) is 1. The Hall–Kier alpha value is -2.74. The fourth-order valence-corrected chi connectivity index (χ4v) is 4.53. The lowest BCUT2D eigenvalue weighted by Gasteiger charge is -2.39. The third-order valence-electron chi connectivity index (χ3n) is 6.42. The van der Waals surface area contributed by atoms with Crippen molar-refractivity contribution in [2.75, 3.05) is 19.6 Å². The Morgan fingerprint density at radius 3 is 2.68 bits per heavy atom. The number of aromatic nitrogens is 2. The van der Waals surface area contributed by atoms with Gasteiger partial charge in [0, 0.05) is 26.7 Å². The Bertz CT molecular complexity index is 965. The number of nitrogens with zero attached hydrogens (tertiary/aromatic N) is 3. The Balaban J connectivity index is 1.28. The minimum absolute atomic E-state index is 0.0104. The first-order chi connectivity index (χ1) is 14.9. The quantitative estimate of drug-likeness (QED) is 0.795. The van der Waals surface area contributed by atoms with Crippen LogP contribution in [0.1, 0.15) is 59.1 Å². The molecule has 8 heteroatoms. The molecule has 2 aliphatic rings. The molecule has 0 radical (unpaired) electrons. The molecule has 2 aliphatic heterocycles. The van der Waals surface area contributed by atoms with Gasteiger partial charge in [0.05, 0.1) is 23.0 Å². The monoisotopic (exact) mass is 428 g/mol. The molecule has 1 spiro atoms. The molecule has 31 heavy (non-hydrogen) atoms. The predicted octanol–water partition coefficient (Wildman–Crippen LogP) is 2.71. The second kappa shape index (κ2) is 8.78. The number of hydrogen-bond acceptors (Lipinski definition) is 4. The highest BCUT2D eigenvalue weighted by Crippen LogP contribution is 2.39. The first-order valence-corrected chi connectivity index (χ1v) is 10.9. The SMILES string of the molecule is CCc1cc(C(=O)N2CCC3(CCC(CNC(=O)c4ccccc4F)O3)CC2)n(C)n1. The number of benzene rings is 1. The second-order valence-electron chi connectivity index (χ2n) is 8.44. The predicted molar refractivity (Wildman–Crippen MR) is 113 cm³/mol. The second-order valence-corrected chi connectivity index (χ2v) is 8.44. The molecule has 2 amide bonds. The van der Waals surface area contributed by atoms with Crippen LogP contribution in [0.4, 0.5) is 4.39 Å². The molecule has 166 valence electrons. The van der Waals surface area contributed by atoms with Gasteiger partial charge in [-0.3, -0.25) is 14.3 Å². The van der Waals surface area contributed by atoms with E-state index in [1.165, 1.54) is 12.1 Å². The molecular weight excluding hydrogens is 399 g/mol. The van der Waals surface area contributed by atoms with Gasteiger partial charge in [0.25, 0.3) is 11.8 Å². The van der Waals surface area contributed by atoms with Crippen molar-refractivity contribution in [3.05, 3.63) is 53.1 Å². The highest BCUT2D eigenvalue weighted by Gasteiger charge is 2.43. The molecule has 2 saturated heterocycles. The van der Waals surface area contributed by atoms with Crippen molar-refractivity contribution in [2.45, 2.75) is 50.7 Å². The molecule has 1 atom stereocenters. The molecule has 0 saturated carbocycles. The maximum absolute atomic E-state index is 13.8. The van der Waals surface area contributed by atoms with Crippen LogP contribution in [0.5, 0.6) is 0 Å². The van der Waals surface area contributed by atoms with E-state index in [0.717, 1.165) is 37.8 Å². The lowest BCUT2D eigenvalue weighted by Crippen LogP contribution is -2.47. The summed E-state index contributed by atoms with van der Waals surface area (Å²) in [5, 5.41) is 7.16. The minimum atomic E-state index is -0.527. The van der Waals surface area contributed by atoms with Crippen molar-refractivity contribution in [1.82, 2.24) is 20.0 Å². The van der Waals surface area contributed by atoms with Crippen molar-refractivity contribution < 1.29 is 18.7 Å². The molecule has 0 bridgehead atoms. The summed E-state index contributed by atoms with van der Waals surface area (Å²) >= 11 is 0. The largest absolute Gasteiger partial charge is 0.370 e. The topological polar surface area (TPSA) is 76.5 Å². The van der Waals surface area contributed by atoms with E-state index in [2.05, 4.69) is 10.4 Å². The fraction of sp³-hybridized carbons (Fsp3) is 0.522. The number of carbonyl (C=O) groups excluding carboxylic acids is 2. The molecule has 0 aliphatic carbocycles. The zero-order chi connectivity index (χ0) is 22.0. The number of piperidine rings is 1. The molecule has 2 fully saturated rings. The number of nitrogens with one attached hydrogen (secondary N) is 1. The van der Waals surface area contributed by atoms with Crippen LogP contribution in [0.3, 0.4) is 0 Å². The van der Waals surface area contributed by atoms with Crippen molar-refractivity contribution in [2.24, 2.45) is 7.05 Å². The highest BCUT2D eigenvalue weighted by atomic mass is 19.1. The van der Waals surface area contributed by atoms with Crippen LogP contribution < -0.4 is 5.32 Å². The zero-order valence-electron chi connectivity index (χ0n) is 18.1. The van der Waals surface area contributed by atoms with Crippen LogP contribution in [0.25, 0.3) is 0 Å². The minimum Gasteiger partial charge on any atom is -0.370 e. The van der Waals surface area contributed by atoms with Gasteiger partial charge in [0.2, 0.25) is 0 Å². The van der Waals surface area contributed by atoms with E-state index < -0.39 is 11.7 Å². The van der Waals surface area contributed by atoms with Gasteiger partial charge in [-0.05, 0) is 50.3 Å². The van der Waals surface area contributed by atoms with Crippen LogP contribution in [0.15, 0.2) is 30.3 Å². The fourth-order valence-electron chi connectivity index (χ4n) is 4.53. The first-order valence-electron chi connectivity index (χ1n) is 10.9. The van der Waals surface area contributed by atoms with Crippen molar-refractivity contribution >= 4 is 11.8 Å². The van der Waals surface area contributed by atoms with E-state index in [1.54, 1.807) is 23.9 Å². The summed E-state index contributed by atoms with van der Waals surface area (Å²) in [7, 11) is 1.80. The third kappa shape index (κ3) is 4.49. The standard InChI is InChI=1S/C23H29FN4O3/c1-3-16-14-20(27(2)26-16)22(30)28-12-10-23(11-13-28)9-8-17(31-23)15-25-21(29)18-6-4-5-7-19(18)24/h4-7,14,17H,3,8-13,15H2,1-2H3,(H,25,29). The summed E-state index contributed by atoms with van der Waals surface area (Å²) < 4.78 is 21.7. The summed E-state index contributed by atoms with van der Waals surface area (Å²) in [6, 6.07) is 7.82. The Morgan fingerprint density at radius 1 is 1.26 bits per heavy atom. The Kier molecular flexibility index (Phi) is 6.09. The molecule has 1 N–H and O–H groups in total. The van der Waals surface area contributed by atoms with Crippen LogP contribution in [0, 0.1) is 5.82 Å². The first kappa shape index (κ1) is 21.5. The molecule has 1 aromatic heterocycles. The third-order valence-corrected chi connectivity index (χ3v) is 6.42. The molecule has 4 rings (SSSR count).